The van der Waals surface area contributed by atoms with Crippen LogP contribution in [0.2, 0.25) is 0 Å². The zero-order chi connectivity index (χ0) is 12.2. The number of aliphatic hydroxyl groups excluding tert-OH is 1. The fourth-order valence-electron chi connectivity index (χ4n) is 1.10. The van der Waals surface area contributed by atoms with E-state index in [-0.39, 0.29) is 12.4 Å². The normalized spacial score (nSPS) is 12.7. The Balaban J connectivity index is 2.76. The topological polar surface area (TPSA) is 29.5 Å². The van der Waals surface area contributed by atoms with Gasteiger partial charge in [-0.3, -0.25) is 0 Å². The van der Waals surface area contributed by atoms with Crippen LogP contribution in [-0.4, -0.2) is 18.1 Å². The highest BCUT2D eigenvalue weighted by molar-refractivity contribution is 5.53. The van der Waals surface area contributed by atoms with Gasteiger partial charge in [-0.05, 0) is 30.2 Å². The molecule has 1 aromatic carbocycles. The summed E-state index contributed by atoms with van der Waals surface area (Å²) in [6.07, 6.45) is -2.99. The van der Waals surface area contributed by atoms with Crippen molar-refractivity contribution in [3.8, 4) is 5.75 Å². The molecule has 1 aromatic rings. The lowest BCUT2D eigenvalue weighted by atomic mass is 10.1. The van der Waals surface area contributed by atoms with Crippen LogP contribution in [-0.2, 0) is 0 Å². The van der Waals surface area contributed by atoms with Crippen molar-refractivity contribution in [3.05, 3.63) is 35.4 Å². The quantitative estimate of drug-likeness (QED) is 0.868. The standard InChI is InChI=1S/C11H11F3O2/c1-8(7-15)6-9-2-4-10(5-3-9)16-11(12,13)14/h2-6,15H,7H2,1H3. The summed E-state index contributed by atoms with van der Waals surface area (Å²) >= 11 is 0. The molecule has 0 saturated carbocycles. The molecule has 0 aliphatic heterocycles. The summed E-state index contributed by atoms with van der Waals surface area (Å²) in [5, 5.41) is 8.76. The molecular formula is C11H11F3O2. The SMILES string of the molecule is CC(=Cc1ccc(OC(F)(F)F)cc1)CO. The van der Waals surface area contributed by atoms with Crippen molar-refractivity contribution >= 4 is 6.08 Å². The summed E-state index contributed by atoms with van der Waals surface area (Å²) in [6.45, 7) is 1.64. The maximum absolute atomic E-state index is 11.8. The molecule has 1 N–H and O–H groups in total. The van der Waals surface area contributed by atoms with Crippen LogP contribution in [0.3, 0.4) is 0 Å². The Morgan fingerprint density at radius 3 is 2.31 bits per heavy atom. The molecule has 5 heteroatoms. The Kier molecular flexibility index (Phi) is 3.95. The van der Waals surface area contributed by atoms with Crippen molar-refractivity contribution in [2.45, 2.75) is 13.3 Å². The van der Waals surface area contributed by atoms with Gasteiger partial charge in [0.1, 0.15) is 5.75 Å². The van der Waals surface area contributed by atoms with Gasteiger partial charge in [0.05, 0.1) is 6.61 Å². The smallest absolute Gasteiger partial charge is 0.406 e. The number of ether oxygens (including phenoxy) is 1. The highest BCUT2D eigenvalue weighted by Crippen LogP contribution is 2.23. The molecule has 0 amide bonds. The lowest BCUT2D eigenvalue weighted by Gasteiger charge is -2.08. The van der Waals surface area contributed by atoms with E-state index in [1.165, 1.54) is 24.3 Å². The molecule has 0 aromatic heterocycles. The Morgan fingerprint density at radius 2 is 1.88 bits per heavy atom. The van der Waals surface area contributed by atoms with Gasteiger partial charge in [0.25, 0.3) is 0 Å². The molecule has 0 aliphatic rings. The van der Waals surface area contributed by atoms with E-state index in [9.17, 15) is 13.2 Å². The molecule has 0 atom stereocenters. The van der Waals surface area contributed by atoms with Gasteiger partial charge in [-0.25, -0.2) is 0 Å². The van der Waals surface area contributed by atoms with Crippen molar-refractivity contribution in [1.82, 2.24) is 0 Å². The molecule has 0 unspecified atom stereocenters. The van der Waals surface area contributed by atoms with Crippen LogP contribution >= 0.6 is 0 Å². The van der Waals surface area contributed by atoms with Crippen LogP contribution in [0.4, 0.5) is 13.2 Å². The van der Waals surface area contributed by atoms with Crippen LogP contribution in [0.25, 0.3) is 6.08 Å². The first-order chi connectivity index (χ1) is 7.40. The van der Waals surface area contributed by atoms with Crippen LogP contribution in [0.15, 0.2) is 29.8 Å². The average Bonchev–Trinajstić information content (AvgIpc) is 2.18. The van der Waals surface area contributed by atoms with Crippen molar-refractivity contribution < 1.29 is 23.0 Å². The summed E-state index contributed by atoms with van der Waals surface area (Å²) in [6, 6.07) is 5.43. The highest BCUT2D eigenvalue weighted by Gasteiger charge is 2.30. The van der Waals surface area contributed by atoms with Gasteiger partial charge < -0.3 is 9.84 Å². The number of aliphatic hydroxyl groups is 1. The summed E-state index contributed by atoms with van der Waals surface area (Å²) in [4.78, 5) is 0. The van der Waals surface area contributed by atoms with Gasteiger partial charge in [0.2, 0.25) is 0 Å². The molecule has 1 rings (SSSR count). The molecule has 0 saturated heterocycles. The van der Waals surface area contributed by atoms with Gasteiger partial charge in [0.15, 0.2) is 0 Å². The molecule has 0 heterocycles. The molecule has 0 bridgehead atoms. The minimum Gasteiger partial charge on any atom is -0.406 e. The van der Waals surface area contributed by atoms with Gasteiger partial charge in [-0.1, -0.05) is 18.2 Å². The average molecular weight is 232 g/mol. The molecule has 16 heavy (non-hydrogen) atoms. The van der Waals surface area contributed by atoms with E-state index in [0.29, 0.717) is 5.56 Å². The van der Waals surface area contributed by atoms with Gasteiger partial charge in [0, 0.05) is 0 Å². The second kappa shape index (κ2) is 5.03. The summed E-state index contributed by atoms with van der Waals surface area (Å²) in [5.74, 6) is -0.258. The second-order valence-corrected chi connectivity index (χ2v) is 3.27. The maximum Gasteiger partial charge on any atom is 0.573 e. The number of alkyl halides is 3. The largest absolute Gasteiger partial charge is 0.573 e. The summed E-state index contributed by atoms with van der Waals surface area (Å²) in [5.41, 5.74) is 1.44. The molecule has 0 radical (unpaired) electrons. The summed E-state index contributed by atoms with van der Waals surface area (Å²) in [7, 11) is 0. The minimum absolute atomic E-state index is 0.0825. The van der Waals surface area contributed by atoms with Gasteiger partial charge in [-0.15, -0.1) is 13.2 Å². The van der Waals surface area contributed by atoms with Crippen molar-refractivity contribution in [1.29, 1.82) is 0 Å². The fourth-order valence-corrected chi connectivity index (χ4v) is 1.10. The lowest BCUT2D eigenvalue weighted by Crippen LogP contribution is -2.16. The Hall–Kier alpha value is -1.49. The third kappa shape index (κ3) is 4.35. The van der Waals surface area contributed by atoms with E-state index in [1.54, 1.807) is 13.0 Å². The van der Waals surface area contributed by atoms with E-state index in [4.69, 9.17) is 5.11 Å². The molecule has 0 fully saturated rings. The summed E-state index contributed by atoms with van der Waals surface area (Å²) < 4.78 is 39.2. The zero-order valence-corrected chi connectivity index (χ0v) is 8.58. The Morgan fingerprint density at radius 1 is 1.31 bits per heavy atom. The van der Waals surface area contributed by atoms with E-state index in [0.717, 1.165) is 5.57 Å². The molecular weight excluding hydrogens is 221 g/mol. The van der Waals surface area contributed by atoms with E-state index in [1.807, 2.05) is 0 Å². The van der Waals surface area contributed by atoms with Crippen molar-refractivity contribution in [2.75, 3.05) is 6.61 Å². The van der Waals surface area contributed by atoms with Crippen molar-refractivity contribution in [3.63, 3.8) is 0 Å². The van der Waals surface area contributed by atoms with Crippen LogP contribution in [0, 0.1) is 0 Å². The number of rotatable bonds is 3. The molecule has 0 aliphatic carbocycles. The zero-order valence-electron chi connectivity index (χ0n) is 8.58. The predicted octanol–water partition coefficient (Wildman–Crippen LogP) is 2.98. The number of halogens is 3. The van der Waals surface area contributed by atoms with E-state index >= 15 is 0 Å². The van der Waals surface area contributed by atoms with Gasteiger partial charge >= 0.3 is 6.36 Å². The van der Waals surface area contributed by atoms with Crippen LogP contribution < -0.4 is 4.74 Å². The monoisotopic (exact) mass is 232 g/mol. The van der Waals surface area contributed by atoms with E-state index in [2.05, 4.69) is 4.74 Å². The first kappa shape index (κ1) is 12.6. The first-order valence-electron chi connectivity index (χ1n) is 4.54. The number of hydrogen-bond acceptors (Lipinski definition) is 2. The van der Waals surface area contributed by atoms with Gasteiger partial charge in [-0.2, -0.15) is 0 Å². The first-order valence-corrected chi connectivity index (χ1v) is 4.54. The van der Waals surface area contributed by atoms with Crippen molar-refractivity contribution in [2.24, 2.45) is 0 Å². The maximum atomic E-state index is 11.8. The van der Waals surface area contributed by atoms with Crippen LogP contribution in [0.1, 0.15) is 12.5 Å². The minimum atomic E-state index is -4.67. The molecule has 88 valence electrons. The second-order valence-electron chi connectivity index (χ2n) is 3.27. The van der Waals surface area contributed by atoms with E-state index < -0.39 is 6.36 Å². The van der Waals surface area contributed by atoms with Crippen LogP contribution in [0.5, 0.6) is 5.75 Å². The molecule has 0 spiro atoms. The molecule has 2 nitrogen and oxygen atoms in total. The number of hydrogen-bond donors (Lipinski definition) is 1. The number of benzene rings is 1. The Labute approximate surface area is 91.0 Å². The highest BCUT2D eigenvalue weighted by atomic mass is 19.4. The fraction of sp³-hybridized carbons (Fsp3) is 0.273. The predicted molar refractivity (Wildman–Crippen MR) is 53.9 cm³/mol. The third-order valence-corrected chi connectivity index (χ3v) is 1.78. The lowest BCUT2D eigenvalue weighted by molar-refractivity contribution is -0.274. The Bertz CT molecular complexity index is 366. The third-order valence-electron chi connectivity index (χ3n) is 1.78.